The number of aryl methyl sites for hydroxylation is 2. The molecule has 7 nitrogen and oxygen atoms in total. The van der Waals surface area contributed by atoms with Gasteiger partial charge in [0.05, 0.1) is 12.7 Å². The Morgan fingerprint density at radius 3 is 2.55 bits per heavy atom. The van der Waals surface area contributed by atoms with Gasteiger partial charge in [-0.2, -0.15) is 5.10 Å². The van der Waals surface area contributed by atoms with Gasteiger partial charge in [0.1, 0.15) is 28.6 Å². The fourth-order valence-electron chi connectivity index (χ4n) is 3.73. The SMILES string of the molecule is CCCC(=O)Oc1c(C)nn(C)c(=O)c1-c1c(-c2ccc(OC)cc2)oc2ccc(F)cc12. The van der Waals surface area contributed by atoms with Crippen LogP contribution in [0, 0.1) is 12.7 Å². The number of ether oxygens (including phenoxy) is 2. The summed E-state index contributed by atoms with van der Waals surface area (Å²) in [6, 6.07) is 11.1. The molecule has 0 aliphatic heterocycles. The molecule has 4 aromatic rings. The summed E-state index contributed by atoms with van der Waals surface area (Å²) in [6.45, 7) is 3.50. The molecule has 8 heteroatoms. The van der Waals surface area contributed by atoms with Gasteiger partial charge in [0.15, 0.2) is 5.75 Å². The van der Waals surface area contributed by atoms with Gasteiger partial charge in [-0.3, -0.25) is 9.59 Å². The average molecular weight is 450 g/mol. The molecular formula is C25H23FN2O5. The summed E-state index contributed by atoms with van der Waals surface area (Å²) >= 11 is 0. The molecular weight excluding hydrogens is 427 g/mol. The van der Waals surface area contributed by atoms with Crippen molar-refractivity contribution < 1.29 is 23.1 Å². The maximum atomic E-state index is 14.3. The van der Waals surface area contributed by atoms with Crippen LogP contribution in [-0.4, -0.2) is 22.9 Å². The number of halogens is 1. The van der Waals surface area contributed by atoms with E-state index in [1.54, 1.807) is 38.3 Å². The number of methoxy groups -OCH3 is 1. The predicted molar refractivity (Wildman–Crippen MR) is 122 cm³/mol. The van der Waals surface area contributed by atoms with E-state index >= 15 is 0 Å². The molecule has 4 rings (SSSR count). The highest BCUT2D eigenvalue weighted by molar-refractivity contribution is 6.03. The van der Waals surface area contributed by atoms with Crippen LogP contribution >= 0.6 is 0 Å². The van der Waals surface area contributed by atoms with Crippen molar-refractivity contribution >= 4 is 16.9 Å². The molecule has 0 aliphatic rings. The van der Waals surface area contributed by atoms with E-state index in [4.69, 9.17) is 13.9 Å². The lowest BCUT2D eigenvalue weighted by Gasteiger charge is -2.14. The molecule has 33 heavy (non-hydrogen) atoms. The Kier molecular flexibility index (Phi) is 6.00. The molecule has 0 saturated carbocycles. The number of hydrogen-bond donors (Lipinski definition) is 0. The highest BCUT2D eigenvalue weighted by Crippen LogP contribution is 2.43. The molecule has 0 N–H and O–H groups in total. The van der Waals surface area contributed by atoms with Gasteiger partial charge in [-0.15, -0.1) is 0 Å². The molecule has 0 fully saturated rings. The van der Waals surface area contributed by atoms with Crippen molar-refractivity contribution in [2.24, 2.45) is 7.05 Å². The fraction of sp³-hybridized carbons (Fsp3) is 0.240. The molecule has 0 atom stereocenters. The molecule has 0 bridgehead atoms. The van der Waals surface area contributed by atoms with Gasteiger partial charge in [0.2, 0.25) is 0 Å². The summed E-state index contributed by atoms with van der Waals surface area (Å²) in [4.78, 5) is 25.7. The molecule has 2 heterocycles. The van der Waals surface area contributed by atoms with Crippen LogP contribution in [0.3, 0.4) is 0 Å². The third kappa shape index (κ3) is 4.11. The van der Waals surface area contributed by atoms with Crippen LogP contribution in [0.15, 0.2) is 51.7 Å². The van der Waals surface area contributed by atoms with E-state index in [0.717, 1.165) is 4.68 Å². The lowest BCUT2D eigenvalue weighted by molar-refractivity contribution is -0.134. The Hall–Kier alpha value is -3.94. The summed E-state index contributed by atoms with van der Waals surface area (Å²) < 4.78 is 32.4. The molecule has 2 aromatic carbocycles. The van der Waals surface area contributed by atoms with Crippen LogP contribution in [0.1, 0.15) is 25.5 Å². The summed E-state index contributed by atoms with van der Waals surface area (Å²) in [7, 11) is 3.07. The first-order valence-corrected chi connectivity index (χ1v) is 10.5. The average Bonchev–Trinajstić information content (AvgIpc) is 3.16. The first-order chi connectivity index (χ1) is 15.8. The molecule has 0 radical (unpaired) electrons. The van der Waals surface area contributed by atoms with E-state index in [1.165, 1.54) is 25.2 Å². The highest BCUT2D eigenvalue weighted by Gasteiger charge is 2.27. The van der Waals surface area contributed by atoms with Crippen LogP contribution in [0.2, 0.25) is 0 Å². The van der Waals surface area contributed by atoms with E-state index in [0.29, 0.717) is 45.7 Å². The van der Waals surface area contributed by atoms with Gasteiger partial charge in [-0.05, 0) is 55.8 Å². The molecule has 0 aliphatic carbocycles. The summed E-state index contributed by atoms with van der Waals surface area (Å²) in [5.74, 6) is 0.0548. The van der Waals surface area contributed by atoms with Crippen molar-refractivity contribution in [1.29, 1.82) is 0 Å². The standard InChI is InChI=1S/C25H23FN2O5/c1-5-6-20(29)33-23-14(2)27-28(3)25(30)22(23)21-18-13-16(26)9-12-19(18)32-24(21)15-7-10-17(31-4)11-8-15/h7-13H,5-6H2,1-4H3. The number of aromatic nitrogens is 2. The van der Waals surface area contributed by atoms with Crippen LogP contribution in [0.4, 0.5) is 4.39 Å². The minimum absolute atomic E-state index is 0.0401. The van der Waals surface area contributed by atoms with E-state index in [1.807, 2.05) is 6.92 Å². The van der Waals surface area contributed by atoms with Crippen LogP contribution < -0.4 is 15.0 Å². The topological polar surface area (TPSA) is 83.6 Å². The number of esters is 1. The summed E-state index contributed by atoms with van der Waals surface area (Å²) in [5, 5.41) is 4.57. The molecule has 0 saturated heterocycles. The molecule has 0 unspecified atom stereocenters. The quantitative estimate of drug-likeness (QED) is 0.384. The lowest BCUT2D eigenvalue weighted by atomic mass is 9.98. The predicted octanol–water partition coefficient (Wildman–Crippen LogP) is 5.02. The van der Waals surface area contributed by atoms with Crippen LogP contribution in [0.5, 0.6) is 11.5 Å². The second kappa shape index (κ2) is 8.90. The zero-order valence-electron chi connectivity index (χ0n) is 18.8. The highest BCUT2D eigenvalue weighted by atomic mass is 19.1. The minimum atomic E-state index is -0.498. The largest absolute Gasteiger partial charge is 0.497 e. The van der Waals surface area contributed by atoms with Crippen molar-refractivity contribution in [3.05, 3.63) is 64.3 Å². The van der Waals surface area contributed by atoms with Crippen LogP contribution in [-0.2, 0) is 11.8 Å². The molecule has 0 amide bonds. The van der Waals surface area contributed by atoms with E-state index in [2.05, 4.69) is 5.10 Å². The maximum absolute atomic E-state index is 14.3. The van der Waals surface area contributed by atoms with Gasteiger partial charge in [-0.25, -0.2) is 9.07 Å². The Morgan fingerprint density at radius 1 is 1.15 bits per heavy atom. The third-order valence-corrected chi connectivity index (χ3v) is 5.29. The first kappa shape index (κ1) is 22.3. The number of rotatable bonds is 6. The van der Waals surface area contributed by atoms with Crippen LogP contribution in [0.25, 0.3) is 33.4 Å². The van der Waals surface area contributed by atoms with E-state index < -0.39 is 17.3 Å². The Balaban J connectivity index is 2.08. The Labute approximate surface area is 189 Å². The minimum Gasteiger partial charge on any atom is -0.497 e. The number of fused-ring (bicyclic) bond motifs is 1. The zero-order valence-corrected chi connectivity index (χ0v) is 18.8. The number of hydrogen-bond acceptors (Lipinski definition) is 6. The Morgan fingerprint density at radius 2 is 1.88 bits per heavy atom. The number of benzene rings is 2. The summed E-state index contributed by atoms with van der Waals surface area (Å²) in [5.41, 5.74) is 1.30. The fourth-order valence-corrected chi connectivity index (χ4v) is 3.73. The Bertz CT molecular complexity index is 1400. The molecule has 2 aromatic heterocycles. The molecule has 0 spiro atoms. The smallest absolute Gasteiger partial charge is 0.311 e. The van der Waals surface area contributed by atoms with E-state index in [-0.39, 0.29) is 17.7 Å². The first-order valence-electron chi connectivity index (χ1n) is 10.5. The third-order valence-electron chi connectivity index (χ3n) is 5.29. The lowest BCUT2D eigenvalue weighted by Crippen LogP contribution is -2.24. The van der Waals surface area contributed by atoms with Gasteiger partial charge >= 0.3 is 5.97 Å². The van der Waals surface area contributed by atoms with Crippen molar-refractivity contribution in [2.45, 2.75) is 26.7 Å². The van der Waals surface area contributed by atoms with Gasteiger partial charge in [0.25, 0.3) is 5.56 Å². The van der Waals surface area contributed by atoms with Crippen molar-refractivity contribution in [3.8, 4) is 33.9 Å². The number of nitrogens with zero attached hydrogens (tertiary/aromatic N) is 2. The van der Waals surface area contributed by atoms with E-state index in [9.17, 15) is 14.0 Å². The zero-order chi connectivity index (χ0) is 23.7. The van der Waals surface area contributed by atoms with Gasteiger partial charge in [-0.1, -0.05) is 6.92 Å². The maximum Gasteiger partial charge on any atom is 0.311 e. The van der Waals surface area contributed by atoms with Gasteiger partial charge in [0, 0.05) is 30.0 Å². The van der Waals surface area contributed by atoms with Crippen molar-refractivity contribution in [3.63, 3.8) is 0 Å². The second-order valence-corrected chi connectivity index (χ2v) is 7.62. The second-order valence-electron chi connectivity index (χ2n) is 7.62. The van der Waals surface area contributed by atoms with Gasteiger partial charge < -0.3 is 13.9 Å². The van der Waals surface area contributed by atoms with Crippen molar-refractivity contribution in [2.75, 3.05) is 7.11 Å². The number of carbonyl (C=O) groups is 1. The summed E-state index contributed by atoms with van der Waals surface area (Å²) in [6.07, 6.45) is 0.766. The normalized spacial score (nSPS) is 11.1. The monoisotopic (exact) mass is 450 g/mol. The molecule has 170 valence electrons. The number of furan rings is 1. The van der Waals surface area contributed by atoms with Crippen molar-refractivity contribution in [1.82, 2.24) is 9.78 Å². The number of carbonyl (C=O) groups excluding carboxylic acids is 1.